The molecule has 0 aliphatic rings. The van der Waals surface area contributed by atoms with Crippen molar-refractivity contribution in [1.82, 2.24) is 0 Å². The molecule has 0 saturated carbocycles. The maximum Gasteiger partial charge on any atom is 0.300 e. The van der Waals surface area contributed by atoms with Crippen molar-refractivity contribution in [1.29, 1.82) is 0 Å². The average Bonchev–Trinajstić information content (AvgIpc) is 2.64. The zero-order valence-electron chi connectivity index (χ0n) is 15.9. The second-order valence-electron chi connectivity index (χ2n) is 5.89. The van der Waals surface area contributed by atoms with E-state index in [9.17, 15) is 8.42 Å². The number of ether oxygens (including phenoxy) is 3. The first kappa shape index (κ1) is 21.4. The maximum absolute atomic E-state index is 12.2. The smallest absolute Gasteiger partial charge is 0.300 e. The molecule has 2 aromatic carbocycles. The third-order valence-electron chi connectivity index (χ3n) is 3.66. The van der Waals surface area contributed by atoms with Crippen molar-refractivity contribution in [3.05, 3.63) is 59.7 Å². The summed E-state index contributed by atoms with van der Waals surface area (Å²) in [4.78, 5) is 0.0170. The fraction of sp³-hybridized carbons (Fsp3) is 0.400. The highest BCUT2D eigenvalue weighted by atomic mass is 32.2. The van der Waals surface area contributed by atoms with Crippen molar-refractivity contribution < 1.29 is 26.8 Å². The topological polar surface area (TPSA) is 71.1 Å². The maximum atomic E-state index is 12.2. The van der Waals surface area contributed by atoms with Gasteiger partial charge in [0.25, 0.3) is 0 Å². The zero-order chi connectivity index (χ0) is 19.7. The molecule has 1 unspecified atom stereocenters. The van der Waals surface area contributed by atoms with Gasteiger partial charge in [-0.05, 0) is 44.0 Å². The van der Waals surface area contributed by atoms with Crippen molar-refractivity contribution in [2.24, 2.45) is 0 Å². The number of aryl methyl sites for hydroxylation is 1. The Kier molecular flexibility index (Phi) is 8.24. The molecule has 6 nitrogen and oxygen atoms in total. The molecule has 0 N–H and O–H groups in total. The van der Waals surface area contributed by atoms with E-state index in [-0.39, 0.29) is 30.5 Å². The summed E-state index contributed by atoms with van der Waals surface area (Å²) in [5.41, 5.74) is 1.95. The highest BCUT2D eigenvalue weighted by Crippen LogP contribution is 2.26. The summed E-state index contributed by atoms with van der Waals surface area (Å²) in [6.07, 6.45) is -0.405. The van der Waals surface area contributed by atoms with Gasteiger partial charge in [0.15, 0.2) is 6.29 Å². The Bertz CT molecular complexity index is 804. The van der Waals surface area contributed by atoms with Crippen LogP contribution in [0.4, 0.5) is 0 Å². The van der Waals surface area contributed by atoms with Gasteiger partial charge in [0.05, 0.1) is 19.8 Å². The predicted molar refractivity (Wildman–Crippen MR) is 102 cm³/mol. The van der Waals surface area contributed by atoms with Crippen molar-refractivity contribution >= 4 is 10.1 Å². The molecule has 0 aromatic heterocycles. The minimum Gasteiger partial charge on any atom is -0.490 e. The van der Waals surface area contributed by atoms with Gasteiger partial charge in [-0.1, -0.05) is 36.4 Å². The monoisotopic (exact) mass is 394 g/mol. The Balaban J connectivity index is 1.83. The molecule has 0 amide bonds. The Labute approximate surface area is 161 Å². The van der Waals surface area contributed by atoms with E-state index in [2.05, 4.69) is 0 Å². The Morgan fingerprint density at radius 3 is 2.44 bits per heavy atom. The van der Waals surface area contributed by atoms with Gasteiger partial charge < -0.3 is 14.2 Å². The fourth-order valence-corrected chi connectivity index (χ4v) is 3.39. The lowest BCUT2D eigenvalue weighted by molar-refractivity contribution is -0.141. The normalized spacial score (nSPS) is 12.7. The van der Waals surface area contributed by atoms with Crippen LogP contribution in [-0.2, 0) is 30.4 Å². The molecular formula is C20H26O6S. The van der Waals surface area contributed by atoms with Crippen LogP contribution in [0, 0.1) is 6.92 Å². The molecule has 0 heterocycles. The lowest BCUT2D eigenvalue weighted by atomic mass is 10.2. The van der Waals surface area contributed by atoms with Crippen LogP contribution in [0.3, 0.4) is 0 Å². The summed E-state index contributed by atoms with van der Waals surface area (Å²) in [6, 6.07) is 14.7. The van der Waals surface area contributed by atoms with E-state index < -0.39 is 16.4 Å². The van der Waals surface area contributed by atoms with Crippen LogP contribution in [0.25, 0.3) is 0 Å². The Morgan fingerprint density at radius 2 is 1.74 bits per heavy atom. The second-order valence-corrected chi connectivity index (χ2v) is 7.48. The minimum absolute atomic E-state index is 0.0170. The van der Waals surface area contributed by atoms with Gasteiger partial charge in [0.2, 0.25) is 0 Å². The van der Waals surface area contributed by atoms with Crippen LogP contribution in [0.5, 0.6) is 5.75 Å². The summed E-state index contributed by atoms with van der Waals surface area (Å²) in [5, 5.41) is 0. The van der Waals surface area contributed by atoms with E-state index >= 15 is 0 Å². The summed E-state index contributed by atoms with van der Waals surface area (Å²) in [7, 11) is -3.84. The molecule has 2 aromatic rings. The van der Waals surface area contributed by atoms with Crippen LogP contribution in [-0.4, -0.2) is 34.5 Å². The molecule has 2 rings (SSSR count). The van der Waals surface area contributed by atoms with E-state index in [1.807, 2.05) is 37.3 Å². The van der Waals surface area contributed by atoms with Crippen molar-refractivity contribution in [3.63, 3.8) is 0 Å². The van der Waals surface area contributed by atoms with E-state index in [1.165, 1.54) is 6.07 Å². The van der Waals surface area contributed by atoms with Gasteiger partial charge in [-0.25, -0.2) is 0 Å². The van der Waals surface area contributed by atoms with Gasteiger partial charge in [0.1, 0.15) is 17.3 Å². The second kappa shape index (κ2) is 10.4. The van der Waals surface area contributed by atoms with Gasteiger partial charge in [0, 0.05) is 0 Å². The largest absolute Gasteiger partial charge is 0.490 e. The first-order chi connectivity index (χ1) is 12.9. The van der Waals surface area contributed by atoms with E-state index in [4.69, 9.17) is 18.4 Å². The molecule has 7 heteroatoms. The molecule has 148 valence electrons. The third kappa shape index (κ3) is 6.95. The van der Waals surface area contributed by atoms with Crippen LogP contribution in [0.15, 0.2) is 53.4 Å². The summed E-state index contributed by atoms with van der Waals surface area (Å²) < 4.78 is 46.0. The average molecular weight is 394 g/mol. The number of benzene rings is 2. The quantitative estimate of drug-likeness (QED) is 0.329. The van der Waals surface area contributed by atoms with E-state index in [0.717, 1.165) is 11.1 Å². The lowest BCUT2D eigenvalue weighted by Crippen LogP contribution is -2.18. The molecule has 1 atom stereocenters. The molecule has 0 bridgehead atoms. The predicted octanol–water partition coefficient (Wildman–Crippen LogP) is 3.68. The Morgan fingerprint density at radius 1 is 1.00 bits per heavy atom. The standard InChI is InChI=1S/C20H26O6S/c1-4-26-27(21,22)20-11-10-16(2)14-19(20)24-13-12-23-17(3)25-15-18-8-6-5-7-9-18/h5-11,14,17H,4,12-13,15H2,1-3H3. The SMILES string of the molecule is CCOS(=O)(=O)c1ccc(C)cc1OCCOC(C)OCc1ccccc1. The molecule has 0 fully saturated rings. The van der Waals surface area contributed by atoms with Crippen LogP contribution < -0.4 is 4.74 Å². The zero-order valence-corrected chi connectivity index (χ0v) is 16.7. The molecule has 0 spiro atoms. The first-order valence-electron chi connectivity index (χ1n) is 8.82. The fourth-order valence-electron chi connectivity index (χ4n) is 2.35. The molecule has 27 heavy (non-hydrogen) atoms. The van der Waals surface area contributed by atoms with Gasteiger partial charge in [-0.3, -0.25) is 4.18 Å². The summed E-state index contributed by atoms with van der Waals surface area (Å²) in [6.45, 7) is 6.26. The van der Waals surface area contributed by atoms with E-state index in [1.54, 1.807) is 26.0 Å². The van der Waals surface area contributed by atoms with Crippen molar-refractivity contribution in [3.8, 4) is 5.75 Å². The van der Waals surface area contributed by atoms with Gasteiger partial charge in [-0.15, -0.1) is 0 Å². The molecular weight excluding hydrogens is 368 g/mol. The number of hydrogen-bond acceptors (Lipinski definition) is 6. The van der Waals surface area contributed by atoms with Crippen LogP contribution in [0.2, 0.25) is 0 Å². The minimum atomic E-state index is -3.84. The summed E-state index contributed by atoms with van der Waals surface area (Å²) >= 11 is 0. The van der Waals surface area contributed by atoms with Crippen molar-refractivity contribution in [2.75, 3.05) is 19.8 Å². The number of rotatable bonds is 11. The highest BCUT2D eigenvalue weighted by molar-refractivity contribution is 7.86. The van der Waals surface area contributed by atoms with Crippen molar-refractivity contribution in [2.45, 2.75) is 38.6 Å². The molecule has 0 radical (unpaired) electrons. The molecule has 0 aliphatic heterocycles. The lowest BCUT2D eigenvalue weighted by Gasteiger charge is -2.16. The molecule has 0 aliphatic carbocycles. The highest BCUT2D eigenvalue weighted by Gasteiger charge is 2.20. The van der Waals surface area contributed by atoms with Gasteiger partial charge >= 0.3 is 10.1 Å². The summed E-state index contributed by atoms with van der Waals surface area (Å²) in [5.74, 6) is 0.255. The third-order valence-corrected chi connectivity index (χ3v) is 5.08. The Hall–Kier alpha value is -1.93. The van der Waals surface area contributed by atoms with E-state index in [0.29, 0.717) is 6.61 Å². The first-order valence-corrected chi connectivity index (χ1v) is 10.2. The van der Waals surface area contributed by atoms with Crippen LogP contribution >= 0.6 is 0 Å². The number of hydrogen-bond donors (Lipinski definition) is 0. The van der Waals surface area contributed by atoms with Crippen LogP contribution in [0.1, 0.15) is 25.0 Å². The molecule has 0 saturated heterocycles. The van der Waals surface area contributed by atoms with Gasteiger partial charge in [-0.2, -0.15) is 8.42 Å².